The highest BCUT2D eigenvalue weighted by atomic mass is 16.3. The van der Waals surface area contributed by atoms with E-state index in [0.717, 1.165) is 29.6 Å². The zero-order chi connectivity index (χ0) is 6.96. The van der Waals surface area contributed by atoms with E-state index in [4.69, 9.17) is 5.11 Å². The first kappa shape index (κ1) is 4.86. The Morgan fingerprint density at radius 2 is 1.45 bits per heavy atom. The molecule has 1 nitrogen and oxygen atoms in total. The predicted octanol–water partition coefficient (Wildman–Crippen LogP) is 0.737. The molecule has 0 aromatic rings. The summed E-state index contributed by atoms with van der Waals surface area (Å²) in [7, 11) is 0. The Labute approximate surface area is 65.8 Å². The van der Waals surface area contributed by atoms with Crippen LogP contribution < -0.4 is 0 Å². The van der Waals surface area contributed by atoms with Crippen molar-refractivity contribution in [1.29, 1.82) is 0 Å². The molecule has 0 aromatic heterocycles. The SMILES string of the molecule is OCCC12C3C4C5C3C1C5C42. The lowest BCUT2D eigenvalue weighted by Crippen LogP contribution is -3.05. The predicted molar refractivity (Wildman–Crippen MR) is 38.6 cm³/mol. The van der Waals surface area contributed by atoms with Gasteiger partial charge in [0.2, 0.25) is 0 Å². The zero-order valence-corrected chi connectivity index (χ0v) is 6.40. The summed E-state index contributed by atoms with van der Waals surface area (Å²) in [6, 6.07) is 0. The third-order valence-electron chi connectivity index (χ3n) is 6.23. The fraction of sp³-hybridized carbons (Fsp3) is 1.00. The third-order valence-corrected chi connectivity index (χ3v) is 6.23. The van der Waals surface area contributed by atoms with Crippen LogP contribution in [0.5, 0.6) is 0 Å². The number of hydrogen-bond acceptors (Lipinski definition) is 1. The molecular formula is C10H12O. The van der Waals surface area contributed by atoms with Gasteiger partial charge in [0.25, 0.3) is 0 Å². The van der Waals surface area contributed by atoms with Crippen LogP contribution in [0.15, 0.2) is 0 Å². The molecule has 6 aliphatic carbocycles. The summed E-state index contributed by atoms with van der Waals surface area (Å²) in [6.07, 6.45) is 1.16. The van der Waals surface area contributed by atoms with Gasteiger partial charge in [-0.05, 0) is 53.3 Å². The quantitative estimate of drug-likeness (QED) is 0.612. The maximum atomic E-state index is 8.97. The van der Waals surface area contributed by atoms with Crippen molar-refractivity contribution in [1.82, 2.24) is 0 Å². The van der Waals surface area contributed by atoms with Crippen molar-refractivity contribution in [3.63, 3.8) is 0 Å². The average Bonchev–Trinajstić information content (AvgIpc) is 2.06. The molecule has 11 heavy (non-hydrogen) atoms. The highest BCUT2D eigenvalue weighted by Gasteiger charge is 3.03. The van der Waals surface area contributed by atoms with Gasteiger partial charge in [-0.1, -0.05) is 0 Å². The Morgan fingerprint density at radius 1 is 0.909 bits per heavy atom. The molecule has 0 unspecified atom stereocenters. The molecule has 1 heteroatoms. The van der Waals surface area contributed by atoms with Crippen LogP contribution in [-0.2, 0) is 0 Å². The number of aliphatic hydroxyl groups is 1. The monoisotopic (exact) mass is 148 g/mol. The van der Waals surface area contributed by atoms with Crippen molar-refractivity contribution >= 4 is 0 Å². The first-order chi connectivity index (χ1) is 5.43. The van der Waals surface area contributed by atoms with Crippen LogP contribution in [0, 0.1) is 46.8 Å². The molecule has 0 bridgehead atoms. The van der Waals surface area contributed by atoms with Crippen LogP contribution >= 0.6 is 0 Å². The molecule has 6 fully saturated rings. The van der Waals surface area contributed by atoms with Crippen LogP contribution in [0.4, 0.5) is 0 Å². The van der Waals surface area contributed by atoms with E-state index in [1.54, 1.807) is 0 Å². The molecule has 6 aliphatic rings. The second-order valence-corrected chi connectivity index (χ2v) is 5.47. The Kier molecular flexibility index (Phi) is 0.421. The number of rotatable bonds is 2. The third kappa shape index (κ3) is 0.188. The molecule has 6 rings (SSSR count). The summed E-state index contributed by atoms with van der Waals surface area (Å²) in [4.78, 5) is 0. The summed E-state index contributed by atoms with van der Waals surface area (Å²) in [5.74, 6) is 8.24. The minimum Gasteiger partial charge on any atom is -0.396 e. The molecule has 1 N–H and O–H groups in total. The molecular weight excluding hydrogens is 136 g/mol. The van der Waals surface area contributed by atoms with E-state index in [-0.39, 0.29) is 0 Å². The van der Waals surface area contributed by atoms with Gasteiger partial charge in [0, 0.05) is 6.61 Å². The van der Waals surface area contributed by atoms with Crippen molar-refractivity contribution in [3.05, 3.63) is 0 Å². The Hall–Kier alpha value is -0.0400. The van der Waals surface area contributed by atoms with Crippen LogP contribution in [0.3, 0.4) is 0 Å². The summed E-state index contributed by atoms with van der Waals surface area (Å²) >= 11 is 0. The molecule has 0 aromatic carbocycles. The molecule has 0 aliphatic heterocycles. The van der Waals surface area contributed by atoms with Gasteiger partial charge >= 0.3 is 0 Å². The summed E-state index contributed by atoms with van der Waals surface area (Å²) in [5.41, 5.74) is 0.767. The van der Waals surface area contributed by atoms with E-state index in [0.29, 0.717) is 6.61 Å². The van der Waals surface area contributed by atoms with Crippen LogP contribution in [0.2, 0.25) is 0 Å². The van der Waals surface area contributed by atoms with Crippen molar-refractivity contribution in [2.45, 2.75) is 6.42 Å². The van der Waals surface area contributed by atoms with Gasteiger partial charge in [0.1, 0.15) is 0 Å². The van der Waals surface area contributed by atoms with E-state index in [9.17, 15) is 0 Å². The van der Waals surface area contributed by atoms with Crippen LogP contribution in [0.25, 0.3) is 0 Å². The van der Waals surface area contributed by atoms with Gasteiger partial charge in [0.05, 0.1) is 0 Å². The van der Waals surface area contributed by atoms with Crippen molar-refractivity contribution < 1.29 is 5.11 Å². The lowest BCUT2D eigenvalue weighted by molar-refractivity contribution is -0.616. The normalized spacial score (nSPS) is 88.6. The minimum atomic E-state index is 0.459. The Morgan fingerprint density at radius 3 is 1.91 bits per heavy atom. The highest BCUT2D eigenvalue weighted by Crippen LogP contribution is 3.06. The second-order valence-electron chi connectivity index (χ2n) is 5.47. The number of aliphatic hydroxyl groups excluding tert-OH is 1. The van der Waals surface area contributed by atoms with E-state index in [2.05, 4.69) is 0 Å². The van der Waals surface area contributed by atoms with Gasteiger partial charge < -0.3 is 5.11 Å². The maximum absolute atomic E-state index is 8.97. The zero-order valence-electron chi connectivity index (χ0n) is 6.40. The van der Waals surface area contributed by atoms with Gasteiger partial charge in [-0.3, -0.25) is 0 Å². The van der Waals surface area contributed by atoms with E-state index in [1.165, 1.54) is 23.7 Å². The summed E-state index contributed by atoms with van der Waals surface area (Å²) < 4.78 is 0. The van der Waals surface area contributed by atoms with Gasteiger partial charge in [0.15, 0.2) is 0 Å². The lowest BCUT2D eigenvalue weighted by atomic mass is 8.96. The summed E-state index contributed by atoms with van der Waals surface area (Å²) in [5, 5.41) is 8.97. The minimum absolute atomic E-state index is 0.459. The van der Waals surface area contributed by atoms with E-state index >= 15 is 0 Å². The maximum Gasteiger partial charge on any atom is 0.0436 e. The molecule has 0 heterocycles. The smallest absolute Gasteiger partial charge is 0.0436 e. The van der Waals surface area contributed by atoms with Crippen molar-refractivity contribution in [2.24, 2.45) is 46.8 Å². The fourth-order valence-corrected chi connectivity index (χ4v) is 6.36. The summed E-state index contributed by atoms with van der Waals surface area (Å²) in [6.45, 7) is 0.459. The van der Waals surface area contributed by atoms with E-state index < -0.39 is 0 Å². The van der Waals surface area contributed by atoms with Gasteiger partial charge in [-0.25, -0.2) is 0 Å². The molecule has 6 saturated carbocycles. The van der Waals surface area contributed by atoms with Crippen LogP contribution in [0.1, 0.15) is 6.42 Å². The average molecular weight is 148 g/mol. The first-order valence-corrected chi connectivity index (χ1v) is 5.04. The lowest BCUT2D eigenvalue weighted by Gasteiger charge is -3.08. The molecule has 0 saturated heterocycles. The Balaban J connectivity index is 1.64. The Bertz CT molecular complexity index is 232. The molecule has 58 valence electrons. The highest BCUT2D eigenvalue weighted by molar-refractivity contribution is 5.49. The number of hydrogen-bond donors (Lipinski definition) is 1. The largest absolute Gasteiger partial charge is 0.396 e. The van der Waals surface area contributed by atoms with Gasteiger partial charge in [-0.15, -0.1) is 0 Å². The second kappa shape index (κ2) is 0.953. The fourth-order valence-electron chi connectivity index (χ4n) is 6.36. The van der Waals surface area contributed by atoms with Crippen molar-refractivity contribution in [2.75, 3.05) is 6.61 Å². The van der Waals surface area contributed by atoms with Gasteiger partial charge in [-0.2, -0.15) is 0 Å². The standard InChI is InChI=1S/C10H12O/c11-2-1-10-7-4-3-5(7)9(10)6(3)8(4)10/h3-9,11H,1-2H2. The molecule has 0 spiro atoms. The molecule has 0 radical (unpaired) electrons. The van der Waals surface area contributed by atoms with E-state index in [1.807, 2.05) is 0 Å². The molecule has 0 atom stereocenters. The topological polar surface area (TPSA) is 20.2 Å². The van der Waals surface area contributed by atoms with Crippen molar-refractivity contribution in [3.8, 4) is 0 Å². The molecule has 0 amide bonds. The first-order valence-electron chi connectivity index (χ1n) is 5.04. The van der Waals surface area contributed by atoms with Crippen LogP contribution in [-0.4, -0.2) is 11.7 Å².